The maximum Gasteiger partial charge on any atom is 0.248 e. The summed E-state index contributed by atoms with van der Waals surface area (Å²) in [6, 6.07) is 3.21. The van der Waals surface area contributed by atoms with Crippen molar-refractivity contribution in [1.82, 2.24) is 14.8 Å². The minimum absolute atomic E-state index is 0.147. The van der Waals surface area contributed by atoms with Gasteiger partial charge in [0.15, 0.2) is 5.56 Å². The SMILES string of the molecule is Cc1cc(=O)[nH]cc1-c1cc(C(O)Cl)nn1C. The highest BCUT2D eigenvalue weighted by Gasteiger charge is 2.13. The summed E-state index contributed by atoms with van der Waals surface area (Å²) < 4.78 is 1.61. The Morgan fingerprint density at radius 1 is 1.53 bits per heavy atom. The molecular weight excluding hydrogens is 242 g/mol. The van der Waals surface area contributed by atoms with E-state index in [1.165, 1.54) is 6.07 Å². The molecule has 2 rings (SSSR count). The van der Waals surface area contributed by atoms with Crippen LogP contribution in [0, 0.1) is 6.92 Å². The predicted octanol–water partition coefficient (Wildman–Crippen LogP) is 1.31. The van der Waals surface area contributed by atoms with Gasteiger partial charge in [-0.2, -0.15) is 5.10 Å². The maximum absolute atomic E-state index is 11.1. The lowest BCUT2D eigenvalue weighted by Gasteiger charge is -2.04. The molecule has 0 aliphatic carbocycles. The minimum atomic E-state index is -1.13. The van der Waals surface area contributed by atoms with Crippen molar-refractivity contribution >= 4 is 11.6 Å². The van der Waals surface area contributed by atoms with Crippen LogP contribution in [-0.2, 0) is 7.05 Å². The summed E-state index contributed by atoms with van der Waals surface area (Å²) in [4.78, 5) is 13.7. The number of rotatable bonds is 2. The zero-order valence-electron chi connectivity index (χ0n) is 9.44. The summed E-state index contributed by atoms with van der Waals surface area (Å²) in [6.45, 7) is 1.84. The number of nitrogens with zero attached hydrogens (tertiary/aromatic N) is 2. The van der Waals surface area contributed by atoms with Crippen molar-refractivity contribution in [2.75, 3.05) is 0 Å². The summed E-state index contributed by atoms with van der Waals surface area (Å²) in [5, 5.41) is 13.3. The van der Waals surface area contributed by atoms with Crippen molar-refractivity contribution in [3.63, 3.8) is 0 Å². The average Bonchev–Trinajstić information content (AvgIpc) is 2.61. The highest BCUT2D eigenvalue weighted by molar-refractivity contribution is 6.19. The summed E-state index contributed by atoms with van der Waals surface area (Å²) in [6.07, 6.45) is 1.62. The van der Waals surface area contributed by atoms with Crippen LogP contribution in [0.25, 0.3) is 11.3 Å². The highest BCUT2D eigenvalue weighted by atomic mass is 35.5. The molecular formula is C11H12ClN3O2. The molecule has 1 unspecified atom stereocenters. The van der Waals surface area contributed by atoms with Crippen molar-refractivity contribution in [3.05, 3.63) is 39.9 Å². The van der Waals surface area contributed by atoms with Crippen LogP contribution in [0.5, 0.6) is 0 Å². The van der Waals surface area contributed by atoms with E-state index in [4.69, 9.17) is 11.6 Å². The third-order valence-corrected chi connectivity index (χ3v) is 2.77. The molecule has 90 valence electrons. The van der Waals surface area contributed by atoms with Gasteiger partial charge < -0.3 is 10.1 Å². The molecule has 2 aromatic heterocycles. The lowest BCUT2D eigenvalue weighted by molar-refractivity contribution is 0.256. The molecule has 0 amide bonds. The zero-order valence-corrected chi connectivity index (χ0v) is 10.2. The molecule has 0 fully saturated rings. The van der Waals surface area contributed by atoms with Gasteiger partial charge in [-0.05, 0) is 18.6 Å². The van der Waals surface area contributed by atoms with E-state index in [9.17, 15) is 9.90 Å². The van der Waals surface area contributed by atoms with Crippen molar-refractivity contribution in [2.45, 2.75) is 12.5 Å². The lowest BCUT2D eigenvalue weighted by Crippen LogP contribution is -2.05. The van der Waals surface area contributed by atoms with Gasteiger partial charge in [-0.1, -0.05) is 11.6 Å². The Morgan fingerprint density at radius 3 is 2.76 bits per heavy atom. The first-order valence-electron chi connectivity index (χ1n) is 5.05. The lowest BCUT2D eigenvalue weighted by atomic mass is 10.1. The van der Waals surface area contributed by atoms with E-state index in [0.29, 0.717) is 5.69 Å². The fourth-order valence-electron chi connectivity index (χ4n) is 1.71. The molecule has 0 aliphatic rings. The quantitative estimate of drug-likeness (QED) is 0.793. The van der Waals surface area contributed by atoms with Crippen molar-refractivity contribution in [3.8, 4) is 11.3 Å². The largest absolute Gasteiger partial charge is 0.372 e. The standard InChI is InChI=1S/C11H12ClN3O2/c1-6-3-10(16)13-5-7(6)9-4-8(11(12)17)14-15(9)2/h3-5,11,17H,1-2H3,(H,13,16). The van der Waals surface area contributed by atoms with Gasteiger partial charge in [0.25, 0.3) is 0 Å². The number of nitrogens with one attached hydrogen (secondary N) is 1. The number of aromatic nitrogens is 3. The Bertz CT molecular complexity index is 601. The van der Waals surface area contributed by atoms with Crippen LogP contribution < -0.4 is 5.56 Å². The van der Waals surface area contributed by atoms with E-state index in [1.807, 2.05) is 6.92 Å². The van der Waals surface area contributed by atoms with Crippen LogP contribution in [0.3, 0.4) is 0 Å². The summed E-state index contributed by atoms with van der Waals surface area (Å²) >= 11 is 5.56. The van der Waals surface area contributed by atoms with Crippen LogP contribution in [-0.4, -0.2) is 19.9 Å². The van der Waals surface area contributed by atoms with E-state index < -0.39 is 5.56 Å². The van der Waals surface area contributed by atoms with E-state index >= 15 is 0 Å². The summed E-state index contributed by atoms with van der Waals surface area (Å²) in [7, 11) is 1.75. The van der Waals surface area contributed by atoms with Crippen molar-refractivity contribution < 1.29 is 5.11 Å². The van der Waals surface area contributed by atoms with Crippen LogP contribution >= 0.6 is 11.6 Å². The Labute approximate surface area is 103 Å². The van der Waals surface area contributed by atoms with Crippen LogP contribution in [0.4, 0.5) is 0 Å². The number of aliphatic hydroxyl groups is 1. The Hall–Kier alpha value is -1.59. The van der Waals surface area contributed by atoms with Gasteiger partial charge >= 0.3 is 0 Å². The van der Waals surface area contributed by atoms with E-state index in [0.717, 1.165) is 16.8 Å². The van der Waals surface area contributed by atoms with Crippen LogP contribution in [0.2, 0.25) is 0 Å². The molecule has 1 atom stereocenters. The zero-order chi connectivity index (χ0) is 12.6. The molecule has 0 saturated carbocycles. The molecule has 2 heterocycles. The molecule has 17 heavy (non-hydrogen) atoms. The number of halogens is 1. The van der Waals surface area contributed by atoms with E-state index in [1.54, 1.807) is 24.0 Å². The normalized spacial score (nSPS) is 12.7. The first-order chi connectivity index (χ1) is 7.99. The fourth-order valence-corrected chi connectivity index (χ4v) is 1.81. The topological polar surface area (TPSA) is 70.9 Å². The Kier molecular flexibility index (Phi) is 3.04. The van der Waals surface area contributed by atoms with Gasteiger partial charge in [0.1, 0.15) is 5.69 Å². The third kappa shape index (κ3) is 2.25. The number of aromatic amines is 1. The smallest absolute Gasteiger partial charge is 0.248 e. The second kappa shape index (κ2) is 4.35. The molecule has 2 aromatic rings. The molecule has 6 heteroatoms. The minimum Gasteiger partial charge on any atom is -0.372 e. The second-order valence-electron chi connectivity index (χ2n) is 3.81. The molecule has 0 radical (unpaired) electrons. The van der Waals surface area contributed by atoms with Gasteiger partial charge in [-0.15, -0.1) is 0 Å². The van der Waals surface area contributed by atoms with Gasteiger partial charge in [-0.25, -0.2) is 0 Å². The van der Waals surface area contributed by atoms with Gasteiger partial charge in [0.05, 0.1) is 5.69 Å². The third-order valence-electron chi connectivity index (χ3n) is 2.55. The van der Waals surface area contributed by atoms with E-state index in [-0.39, 0.29) is 5.56 Å². The van der Waals surface area contributed by atoms with Gasteiger partial charge in [-0.3, -0.25) is 9.48 Å². The number of aliphatic hydroxyl groups excluding tert-OH is 1. The molecule has 5 nitrogen and oxygen atoms in total. The average molecular weight is 254 g/mol. The first-order valence-corrected chi connectivity index (χ1v) is 5.48. The summed E-state index contributed by atoms with van der Waals surface area (Å²) in [5.41, 5.74) is 1.59. The highest BCUT2D eigenvalue weighted by Crippen LogP contribution is 2.25. The van der Waals surface area contributed by atoms with Crippen LogP contribution in [0.15, 0.2) is 23.1 Å². The number of H-pyrrole nitrogens is 1. The fraction of sp³-hybridized carbons (Fsp3) is 0.273. The molecule has 0 aliphatic heterocycles. The molecule has 0 bridgehead atoms. The number of hydrogen-bond acceptors (Lipinski definition) is 3. The maximum atomic E-state index is 11.1. The first kappa shape index (κ1) is 11.9. The molecule has 0 spiro atoms. The molecule has 0 aromatic carbocycles. The van der Waals surface area contributed by atoms with E-state index in [2.05, 4.69) is 10.1 Å². The second-order valence-corrected chi connectivity index (χ2v) is 4.22. The van der Waals surface area contributed by atoms with Crippen LogP contribution in [0.1, 0.15) is 16.8 Å². The Morgan fingerprint density at radius 2 is 2.24 bits per heavy atom. The van der Waals surface area contributed by atoms with Crippen molar-refractivity contribution in [2.24, 2.45) is 7.05 Å². The number of pyridine rings is 1. The summed E-state index contributed by atoms with van der Waals surface area (Å²) in [5.74, 6) is 0. The predicted molar refractivity (Wildman–Crippen MR) is 64.8 cm³/mol. The molecule has 2 N–H and O–H groups in total. The van der Waals surface area contributed by atoms with Gasteiger partial charge in [0, 0.05) is 24.9 Å². The number of aryl methyl sites for hydroxylation is 2. The monoisotopic (exact) mass is 253 g/mol. The van der Waals surface area contributed by atoms with Gasteiger partial charge in [0.2, 0.25) is 5.56 Å². The number of alkyl halides is 1. The Balaban J connectivity index is 2.56. The molecule has 0 saturated heterocycles. The number of hydrogen-bond donors (Lipinski definition) is 2. The van der Waals surface area contributed by atoms with Crippen molar-refractivity contribution in [1.29, 1.82) is 0 Å².